The van der Waals surface area contributed by atoms with Gasteiger partial charge in [0.05, 0.1) is 18.1 Å². The third-order valence-electron chi connectivity index (χ3n) is 6.98. The van der Waals surface area contributed by atoms with Gasteiger partial charge in [0.25, 0.3) is 5.91 Å². The van der Waals surface area contributed by atoms with Crippen molar-refractivity contribution in [2.75, 3.05) is 19.8 Å². The highest BCUT2D eigenvalue weighted by atomic mass is 19.4. The van der Waals surface area contributed by atoms with Gasteiger partial charge in [-0.15, -0.1) is 13.2 Å². The summed E-state index contributed by atoms with van der Waals surface area (Å²) in [5.41, 5.74) is -3.85. The van der Waals surface area contributed by atoms with E-state index in [0.29, 0.717) is 13.0 Å². The van der Waals surface area contributed by atoms with Crippen molar-refractivity contribution >= 4 is 23.5 Å². The summed E-state index contributed by atoms with van der Waals surface area (Å²) in [4.78, 5) is 50.4. The molecule has 0 radical (unpaired) electrons. The number of fused-ring (bicyclic) bond motifs is 1. The van der Waals surface area contributed by atoms with Crippen molar-refractivity contribution in [3.8, 4) is 0 Å². The molecule has 3 saturated heterocycles. The Labute approximate surface area is 208 Å². The topological polar surface area (TPSA) is 123 Å². The van der Waals surface area contributed by atoms with E-state index in [2.05, 4.69) is 20.7 Å². The number of halogens is 6. The molecule has 37 heavy (non-hydrogen) atoms. The van der Waals surface area contributed by atoms with Crippen molar-refractivity contribution in [1.29, 1.82) is 0 Å². The average molecular weight is 545 g/mol. The molecule has 1 saturated carbocycles. The van der Waals surface area contributed by atoms with Crippen LogP contribution in [-0.4, -0.2) is 73.5 Å². The molecule has 210 valence electrons. The molecule has 4 aliphatic rings. The van der Waals surface area contributed by atoms with Gasteiger partial charge in [0.2, 0.25) is 11.8 Å². The molecular weight excluding hydrogens is 516 g/mol. The van der Waals surface area contributed by atoms with Gasteiger partial charge in [0, 0.05) is 25.3 Å². The number of Topliss-reactive ketones (excluding diaryl/α,β-unsaturated/α-hetero) is 1. The number of hydrogen-bond acceptors (Lipinski definition) is 6. The molecule has 4 rings (SSSR count). The van der Waals surface area contributed by atoms with Gasteiger partial charge in [-0.2, -0.15) is 13.2 Å². The molecule has 0 aromatic heterocycles. The van der Waals surface area contributed by atoms with Gasteiger partial charge < -0.3 is 20.7 Å². The Bertz CT molecular complexity index is 916. The standard InChI is InChI=1S/C22H29F6N3O6/c1-11(2)5-14(31-18(35)20-8-19(9-20,10-37-20)21(23,24)25)17(34)30-13(6-12-3-4-29-16(12)33)15(32)7-36-22(26,27)28/h11-14H,3-10H2,1-2H3,(H,29,33)(H,30,34)(H,31,35)/t12-,13?,14?,19?,20?/m0/s1. The first-order valence-corrected chi connectivity index (χ1v) is 11.8. The summed E-state index contributed by atoms with van der Waals surface area (Å²) in [5, 5.41) is 7.23. The Morgan fingerprint density at radius 1 is 1.11 bits per heavy atom. The summed E-state index contributed by atoms with van der Waals surface area (Å²) < 4.78 is 86.1. The number of amides is 3. The van der Waals surface area contributed by atoms with E-state index in [1.165, 1.54) is 0 Å². The minimum atomic E-state index is -5.10. The maximum Gasteiger partial charge on any atom is 0.522 e. The number of hydrogen-bond donors (Lipinski definition) is 3. The number of alkyl halides is 6. The minimum Gasteiger partial charge on any atom is -0.364 e. The van der Waals surface area contributed by atoms with Crippen LogP contribution in [-0.2, 0) is 28.7 Å². The molecule has 0 aromatic carbocycles. The Hall–Kier alpha value is -2.42. The van der Waals surface area contributed by atoms with Crippen molar-refractivity contribution in [1.82, 2.24) is 16.0 Å². The number of carbonyl (C=O) groups excluding carboxylic acids is 4. The lowest BCUT2D eigenvalue weighted by Crippen LogP contribution is -2.62. The Morgan fingerprint density at radius 3 is 2.24 bits per heavy atom. The van der Waals surface area contributed by atoms with E-state index in [1.54, 1.807) is 13.8 Å². The monoisotopic (exact) mass is 545 g/mol. The van der Waals surface area contributed by atoms with Crippen LogP contribution in [0.2, 0.25) is 0 Å². The molecule has 0 spiro atoms. The van der Waals surface area contributed by atoms with Crippen molar-refractivity contribution in [3.05, 3.63) is 0 Å². The lowest BCUT2D eigenvalue weighted by molar-refractivity contribution is -0.321. The van der Waals surface area contributed by atoms with Crippen molar-refractivity contribution < 1.29 is 55.0 Å². The first-order valence-electron chi connectivity index (χ1n) is 11.8. The van der Waals surface area contributed by atoms with E-state index in [1.807, 2.05) is 0 Å². The van der Waals surface area contributed by atoms with Gasteiger partial charge in [0.1, 0.15) is 18.2 Å². The summed E-state index contributed by atoms with van der Waals surface area (Å²) in [5.74, 6) is -4.34. The highest BCUT2D eigenvalue weighted by Crippen LogP contribution is 2.64. The molecule has 3 atom stereocenters. The van der Waals surface area contributed by atoms with Gasteiger partial charge in [-0.05, 0) is 25.2 Å². The predicted molar refractivity (Wildman–Crippen MR) is 112 cm³/mol. The van der Waals surface area contributed by atoms with Crippen molar-refractivity contribution in [2.45, 2.75) is 76.2 Å². The normalized spacial score (nSPS) is 28.9. The molecule has 0 aromatic rings. The highest BCUT2D eigenvalue weighted by Gasteiger charge is 2.76. The van der Waals surface area contributed by atoms with Gasteiger partial charge >= 0.3 is 12.5 Å². The van der Waals surface area contributed by atoms with Crippen LogP contribution >= 0.6 is 0 Å². The largest absolute Gasteiger partial charge is 0.522 e. The zero-order valence-corrected chi connectivity index (χ0v) is 20.2. The second-order valence-electron chi connectivity index (χ2n) is 10.3. The highest BCUT2D eigenvalue weighted by molar-refractivity contribution is 5.95. The number of carbonyl (C=O) groups is 4. The van der Waals surface area contributed by atoms with Crippen LogP contribution in [0.1, 0.15) is 46.0 Å². The first-order chi connectivity index (χ1) is 17.0. The molecule has 4 fully saturated rings. The number of ketones is 1. The first kappa shape index (κ1) is 29.1. The quantitative estimate of drug-likeness (QED) is 0.340. The van der Waals surface area contributed by atoms with Crippen LogP contribution < -0.4 is 16.0 Å². The second-order valence-corrected chi connectivity index (χ2v) is 10.3. The van der Waals surface area contributed by atoms with Crippen LogP contribution in [0, 0.1) is 17.3 Å². The Balaban J connectivity index is 1.70. The average Bonchev–Trinajstić information content (AvgIpc) is 3.44. The lowest BCUT2D eigenvalue weighted by atomic mass is 9.61. The Morgan fingerprint density at radius 2 is 1.76 bits per heavy atom. The molecule has 1 aliphatic carbocycles. The fourth-order valence-electron chi connectivity index (χ4n) is 4.97. The number of nitrogens with one attached hydrogen (secondary N) is 3. The summed E-state index contributed by atoms with van der Waals surface area (Å²) in [7, 11) is 0. The molecule has 3 amide bonds. The third kappa shape index (κ3) is 6.54. The van der Waals surface area contributed by atoms with Gasteiger partial charge in [-0.25, -0.2) is 0 Å². The van der Waals surface area contributed by atoms with Gasteiger partial charge in [-0.1, -0.05) is 13.8 Å². The summed E-state index contributed by atoms with van der Waals surface area (Å²) >= 11 is 0. The summed E-state index contributed by atoms with van der Waals surface area (Å²) in [6.07, 6.45) is -10.8. The minimum absolute atomic E-state index is 0.0158. The summed E-state index contributed by atoms with van der Waals surface area (Å²) in [6, 6.07) is -2.85. The van der Waals surface area contributed by atoms with E-state index in [0.717, 1.165) is 0 Å². The summed E-state index contributed by atoms with van der Waals surface area (Å²) in [6.45, 7) is 1.63. The molecule has 3 aliphatic heterocycles. The van der Waals surface area contributed by atoms with Crippen molar-refractivity contribution in [2.24, 2.45) is 17.3 Å². The van der Waals surface area contributed by atoms with E-state index in [-0.39, 0.29) is 18.8 Å². The maximum absolute atomic E-state index is 13.3. The smallest absolute Gasteiger partial charge is 0.364 e. The molecule has 3 heterocycles. The molecule has 15 heteroatoms. The van der Waals surface area contributed by atoms with Crippen LogP contribution in [0.25, 0.3) is 0 Å². The number of ether oxygens (including phenoxy) is 2. The lowest BCUT2D eigenvalue weighted by Gasteiger charge is -2.44. The van der Waals surface area contributed by atoms with Gasteiger partial charge in [0.15, 0.2) is 5.78 Å². The second kappa shape index (κ2) is 10.4. The molecule has 2 unspecified atom stereocenters. The molecular formula is C22H29F6N3O6. The molecule has 2 bridgehead atoms. The maximum atomic E-state index is 13.3. The predicted octanol–water partition coefficient (Wildman–Crippen LogP) is 1.75. The van der Waals surface area contributed by atoms with E-state index in [4.69, 9.17) is 4.74 Å². The van der Waals surface area contributed by atoms with Crippen molar-refractivity contribution in [3.63, 3.8) is 0 Å². The van der Waals surface area contributed by atoms with Crippen LogP contribution in [0.5, 0.6) is 0 Å². The van der Waals surface area contributed by atoms with Crippen LogP contribution in [0.3, 0.4) is 0 Å². The SMILES string of the molecule is CC(C)CC(NC(=O)C12CC(C(F)(F)F)(CO1)C2)C(=O)NC(C[C@@H]1CCNC1=O)C(=O)COC(F)(F)F. The fraction of sp³-hybridized carbons (Fsp3) is 0.818. The molecule has 3 N–H and O–H groups in total. The van der Waals surface area contributed by atoms with Gasteiger partial charge in [-0.3, -0.25) is 23.9 Å². The third-order valence-corrected chi connectivity index (χ3v) is 6.98. The van der Waals surface area contributed by atoms with E-state index >= 15 is 0 Å². The zero-order chi connectivity index (χ0) is 27.8. The van der Waals surface area contributed by atoms with E-state index < -0.39 is 91.1 Å². The van der Waals surface area contributed by atoms with Crippen LogP contribution in [0.15, 0.2) is 0 Å². The zero-order valence-electron chi connectivity index (χ0n) is 20.2. The Kier molecular flexibility index (Phi) is 8.18. The number of rotatable bonds is 11. The van der Waals surface area contributed by atoms with Crippen LogP contribution in [0.4, 0.5) is 26.3 Å². The van der Waals surface area contributed by atoms with E-state index in [9.17, 15) is 45.5 Å². The molecule has 9 nitrogen and oxygen atoms in total. The fourth-order valence-corrected chi connectivity index (χ4v) is 4.97.